The normalized spacial score (nSPS) is 29.6. The first-order chi connectivity index (χ1) is 9.41. The monoisotopic (exact) mass is 277 g/mol. The minimum Gasteiger partial charge on any atom is -0.369 e. The van der Waals surface area contributed by atoms with Crippen molar-refractivity contribution in [2.45, 2.75) is 44.9 Å². The molecule has 2 heterocycles. The number of rotatable bonds is 2. The number of hydrogen-bond donors (Lipinski definition) is 1. The van der Waals surface area contributed by atoms with E-state index in [2.05, 4.69) is 0 Å². The summed E-state index contributed by atoms with van der Waals surface area (Å²) >= 11 is 0. The fraction of sp³-hybridized carbons (Fsp3) is 0.533. The lowest BCUT2D eigenvalue weighted by Gasteiger charge is -2.31. The second-order valence-electron chi connectivity index (χ2n) is 5.78. The van der Waals surface area contributed by atoms with E-state index < -0.39 is 12.0 Å². The molecule has 1 unspecified atom stereocenters. The van der Waals surface area contributed by atoms with Crippen molar-refractivity contribution in [3.8, 4) is 0 Å². The third-order valence-corrected chi connectivity index (χ3v) is 3.97. The van der Waals surface area contributed by atoms with Gasteiger partial charge in [-0.1, -0.05) is 18.2 Å². The van der Waals surface area contributed by atoms with E-state index in [9.17, 15) is 9.90 Å². The van der Waals surface area contributed by atoms with Gasteiger partial charge in [0.15, 0.2) is 12.0 Å². The highest BCUT2D eigenvalue weighted by molar-refractivity contribution is 5.99. The van der Waals surface area contributed by atoms with Crippen LogP contribution >= 0.6 is 0 Å². The first-order valence-electron chi connectivity index (χ1n) is 6.82. The maximum atomic E-state index is 12.4. The van der Waals surface area contributed by atoms with Gasteiger partial charge in [0.1, 0.15) is 6.10 Å². The molecule has 20 heavy (non-hydrogen) atoms. The summed E-state index contributed by atoms with van der Waals surface area (Å²) < 4.78 is 11.3. The highest BCUT2D eigenvalue weighted by atomic mass is 16.7. The SMILES string of the molecule is C[C@H]([C@H]1COC(C)(C)O1)N1C(=O)c2ccccc2C1O. The molecule has 0 saturated carbocycles. The fourth-order valence-electron chi connectivity index (χ4n) is 2.86. The molecule has 1 aromatic carbocycles. The van der Waals surface area contributed by atoms with Gasteiger partial charge in [0, 0.05) is 11.1 Å². The van der Waals surface area contributed by atoms with Crippen LogP contribution in [0.15, 0.2) is 24.3 Å². The summed E-state index contributed by atoms with van der Waals surface area (Å²) in [6, 6.07) is 6.88. The van der Waals surface area contributed by atoms with Crippen LogP contribution in [-0.4, -0.2) is 40.5 Å². The number of fused-ring (bicyclic) bond motifs is 1. The van der Waals surface area contributed by atoms with Crippen LogP contribution in [0.5, 0.6) is 0 Å². The number of nitrogens with zero attached hydrogens (tertiary/aromatic N) is 1. The zero-order chi connectivity index (χ0) is 14.5. The third kappa shape index (κ3) is 2.02. The number of benzene rings is 1. The maximum Gasteiger partial charge on any atom is 0.256 e. The molecule has 108 valence electrons. The van der Waals surface area contributed by atoms with E-state index >= 15 is 0 Å². The average Bonchev–Trinajstić information content (AvgIpc) is 2.89. The fourth-order valence-corrected chi connectivity index (χ4v) is 2.86. The summed E-state index contributed by atoms with van der Waals surface area (Å²) in [6.45, 7) is 5.98. The summed E-state index contributed by atoms with van der Waals surface area (Å²) in [4.78, 5) is 13.9. The van der Waals surface area contributed by atoms with Gasteiger partial charge in [-0.15, -0.1) is 0 Å². The molecule has 3 atom stereocenters. The molecule has 0 bridgehead atoms. The van der Waals surface area contributed by atoms with Gasteiger partial charge in [-0.25, -0.2) is 0 Å². The van der Waals surface area contributed by atoms with Crippen LogP contribution in [0.3, 0.4) is 0 Å². The number of carbonyl (C=O) groups excluding carboxylic acids is 1. The Morgan fingerprint density at radius 2 is 2.10 bits per heavy atom. The van der Waals surface area contributed by atoms with Crippen LogP contribution in [0, 0.1) is 0 Å². The van der Waals surface area contributed by atoms with E-state index in [0.29, 0.717) is 17.7 Å². The molecule has 2 aliphatic heterocycles. The zero-order valence-electron chi connectivity index (χ0n) is 11.9. The molecule has 1 saturated heterocycles. The van der Waals surface area contributed by atoms with Gasteiger partial charge in [-0.05, 0) is 26.8 Å². The van der Waals surface area contributed by atoms with Crippen LogP contribution in [0.4, 0.5) is 0 Å². The summed E-state index contributed by atoms with van der Waals surface area (Å²) in [5.41, 5.74) is 1.22. The topological polar surface area (TPSA) is 59.0 Å². The average molecular weight is 277 g/mol. The Morgan fingerprint density at radius 3 is 2.70 bits per heavy atom. The number of aliphatic hydroxyl groups excluding tert-OH is 1. The van der Waals surface area contributed by atoms with Crippen LogP contribution in [0.1, 0.15) is 42.9 Å². The van der Waals surface area contributed by atoms with E-state index in [1.165, 1.54) is 4.90 Å². The van der Waals surface area contributed by atoms with Crippen molar-refractivity contribution >= 4 is 5.91 Å². The number of aliphatic hydroxyl groups is 1. The summed E-state index contributed by atoms with van der Waals surface area (Å²) in [6.07, 6.45) is -1.15. The number of hydrogen-bond acceptors (Lipinski definition) is 4. The van der Waals surface area contributed by atoms with Gasteiger partial charge < -0.3 is 19.5 Å². The van der Waals surface area contributed by atoms with Crippen molar-refractivity contribution in [1.82, 2.24) is 4.90 Å². The molecule has 1 amide bonds. The molecular weight excluding hydrogens is 258 g/mol. The van der Waals surface area contributed by atoms with Crippen LogP contribution < -0.4 is 0 Å². The lowest BCUT2D eigenvalue weighted by molar-refractivity contribution is -0.148. The van der Waals surface area contributed by atoms with Gasteiger partial charge in [-0.2, -0.15) is 0 Å². The lowest BCUT2D eigenvalue weighted by atomic mass is 10.1. The molecule has 0 aliphatic carbocycles. The second kappa shape index (κ2) is 4.55. The number of ether oxygens (including phenoxy) is 2. The standard InChI is InChI=1S/C15H19NO4/c1-9(12-8-19-15(2,3)20-12)16-13(17)10-6-4-5-7-11(10)14(16)18/h4-7,9,12-13,17H,8H2,1-3H3/t9-,12-,13?/m1/s1. The van der Waals surface area contributed by atoms with Gasteiger partial charge in [0.25, 0.3) is 5.91 Å². The van der Waals surface area contributed by atoms with Crippen molar-refractivity contribution < 1.29 is 19.4 Å². The third-order valence-electron chi connectivity index (χ3n) is 3.97. The predicted octanol–water partition coefficient (Wildman–Crippen LogP) is 1.67. The largest absolute Gasteiger partial charge is 0.369 e. The smallest absolute Gasteiger partial charge is 0.256 e. The predicted molar refractivity (Wildman–Crippen MR) is 71.9 cm³/mol. The molecule has 2 aliphatic rings. The van der Waals surface area contributed by atoms with Crippen molar-refractivity contribution in [2.75, 3.05) is 6.61 Å². The van der Waals surface area contributed by atoms with Crippen LogP contribution in [-0.2, 0) is 9.47 Å². The van der Waals surface area contributed by atoms with Crippen molar-refractivity contribution in [1.29, 1.82) is 0 Å². The molecular formula is C15H19NO4. The maximum absolute atomic E-state index is 12.4. The molecule has 0 aromatic heterocycles. The molecule has 1 fully saturated rings. The summed E-state index contributed by atoms with van der Waals surface area (Å²) in [5.74, 6) is -0.798. The summed E-state index contributed by atoms with van der Waals surface area (Å²) in [5, 5.41) is 10.4. The summed E-state index contributed by atoms with van der Waals surface area (Å²) in [7, 11) is 0. The van der Waals surface area contributed by atoms with Crippen molar-refractivity contribution in [3.05, 3.63) is 35.4 Å². The van der Waals surface area contributed by atoms with E-state index in [0.717, 1.165) is 0 Å². The van der Waals surface area contributed by atoms with Gasteiger partial charge >= 0.3 is 0 Å². The van der Waals surface area contributed by atoms with E-state index in [1.807, 2.05) is 26.8 Å². The number of carbonyl (C=O) groups is 1. The Balaban J connectivity index is 1.84. The molecule has 5 nitrogen and oxygen atoms in total. The Morgan fingerprint density at radius 1 is 1.40 bits per heavy atom. The zero-order valence-corrected chi connectivity index (χ0v) is 11.9. The van der Waals surface area contributed by atoms with Gasteiger partial charge in [0.05, 0.1) is 12.6 Å². The molecule has 0 radical (unpaired) electrons. The van der Waals surface area contributed by atoms with Gasteiger partial charge in [-0.3, -0.25) is 4.79 Å². The Hall–Kier alpha value is -1.43. The minimum absolute atomic E-state index is 0.158. The first kappa shape index (κ1) is 13.5. The molecule has 0 spiro atoms. The van der Waals surface area contributed by atoms with Crippen LogP contribution in [0.2, 0.25) is 0 Å². The molecule has 3 rings (SSSR count). The minimum atomic E-state index is -0.916. The van der Waals surface area contributed by atoms with Crippen molar-refractivity contribution in [2.24, 2.45) is 0 Å². The van der Waals surface area contributed by atoms with E-state index in [1.54, 1.807) is 18.2 Å². The van der Waals surface area contributed by atoms with E-state index in [-0.39, 0.29) is 18.1 Å². The highest BCUT2D eigenvalue weighted by Gasteiger charge is 2.44. The lowest BCUT2D eigenvalue weighted by Crippen LogP contribution is -2.45. The van der Waals surface area contributed by atoms with E-state index in [4.69, 9.17) is 9.47 Å². The number of amides is 1. The van der Waals surface area contributed by atoms with Crippen molar-refractivity contribution in [3.63, 3.8) is 0 Å². The Bertz CT molecular complexity index is 542. The molecule has 1 aromatic rings. The Labute approximate surface area is 118 Å². The first-order valence-corrected chi connectivity index (χ1v) is 6.82. The quantitative estimate of drug-likeness (QED) is 0.893. The second-order valence-corrected chi connectivity index (χ2v) is 5.78. The molecule has 5 heteroatoms. The molecule has 1 N–H and O–H groups in total. The highest BCUT2D eigenvalue weighted by Crippen LogP contribution is 2.36. The Kier molecular flexibility index (Phi) is 3.08. The van der Waals surface area contributed by atoms with Gasteiger partial charge in [0.2, 0.25) is 0 Å². The van der Waals surface area contributed by atoms with Crippen LogP contribution in [0.25, 0.3) is 0 Å².